The molecule has 12 heteroatoms. The molecule has 4 N–H and O–H groups in total. The van der Waals surface area contributed by atoms with Crippen molar-refractivity contribution >= 4 is 23.6 Å². The van der Waals surface area contributed by atoms with Gasteiger partial charge in [-0.15, -0.1) is 0 Å². The Kier molecular flexibility index (Phi) is 7.89. The number of ether oxygens (including phenoxy) is 3. The lowest BCUT2D eigenvalue weighted by molar-refractivity contribution is -0.266. The molecule has 2 saturated heterocycles. The Hall–Kier alpha value is -3.77. The van der Waals surface area contributed by atoms with Crippen molar-refractivity contribution in [1.29, 1.82) is 5.41 Å². The molecule has 37 heavy (non-hydrogen) atoms. The van der Waals surface area contributed by atoms with E-state index >= 15 is 0 Å². The fraction of sp³-hybridized carbons (Fsp3) is 0.440. The number of oxime groups is 1. The van der Waals surface area contributed by atoms with Gasteiger partial charge >= 0.3 is 6.09 Å². The Balaban J connectivity index is 1.32. The van der Waals surface area contributed by atoms with Crippen molar-refractivity contribution in [2.24, 2.45) is 16.8 Å². The maximum atomic E-state index is 15.0. The molecule has 0 spiro atoms. The summed E-state index contributed by atoms with van der Waals surface area (Å²) in [4.78, 5) is 23.2. The second-order valence-electron chi connectivity index (χ2n) is 9.43. The van der Waals surface area contributed by atoms with Gasteiger partial charge in [0.2, 0.25) is 0 Å². The molecule has 4 rings (SSSR count). The van der Waals surface area contributed by atoms with Gasteiger partial charge in [0.15, 0.2) is 23.4 Å². The second-order valence-corrected chi connectivity index (χ2v) is 9.43. The van der Waals surface area contributed by atoms with Crippen LogP contribution in [0.2, 0.25) is 0 Å². The number of pyridine rings is 1. The van der Waals surface area contributed by atoms with Gasteiger partial charge in [-0.05, 0) is 43.5 Å². The molecule has 0 radical (unpaired) electrons. The first-order chi connectivity index (χ1) is 17.6. The molecule has 2 fully saturated rings. The molecular formula is C25H31FN6O5. The summed E-state index contributed by atoms with van der Waals surface area (Å²) in [7, 11) is 0. The normalized spacial score (nSPS) is 17.1. The summed E-state index contributed by atoms with van der Waals surface area (Å²) in [5.41, 5.74) is 8.86. The van der Waals surface area contributed by atoms with Gasteiger partial charge in [-0.3, -0.25) is 10.7 Å². The van der Waals surface area contributed by atoms with Gasteiger partial charge in [-0.25, -0.2) is 14.2 Å². The van der Waals surface area contributed by atoms with Crippen LogP contribution in [0.25, 0.3) is 11.1 Å². The Morgan fingerprint density at radius 1 is 1.35 bits per heavy atom. The number of rotatable bonds is 7. The van der Waals surface area contributed by atoms with E-state index in [1.54, 1.807) is 23.2 Å². The molecule has 3 heterocycles. The first kappa shape index (κ1) is 26.3. The van der Waals surface area contributed by atoms with E-state index in [0.29, 0.717) is 38.5 Å². The average molecular weight is 515 g/mol. The van der Waals surface area contributed by atoms with E-state index in [4.69, 9.17) is 30.2 Å². The highest BCUT2D eigenvalue weighted by atomic mass is 19.1. The molecule has 0 bridgehead atoms. The van der Waals surface area contributed by atoms with E-state index in [-0.39, 0.29) is 18.3 Å². The second kappa shape index (κ2) is 11.1. The monoisotopic (exact) mass is 514 g/mol. The van der Waals surface area contributed by atoms with Crippen LogP contribution in [0.5, 0.6) is 0 Å². The van der Waals surface area contributed by atoms with Crippen molar-refractivity contribution in [2.45, 2.75) is 33.2 Å². The first-order valence-electron chi connectivity index (χ1n) is 11.8. The highest BCUT2D eigenvalue weighted by Crippen LogP contribution is 2.30. The number of carbonyl (C=O) groups excluding carboxylic acids is 1. The smallest absolute Gasteiger partial charge is 0.414 e. The number of hydrogen-bond acceptors (Lipinski definition) is 9. The number of aromatic nitrogens is 1. The molecule has 2 aromatic rings. The summed E-state index contributed by atoms with van der Waals surface area (Å²) >= 11 is 0. The maximum absolute atomic E-state index is 15.0. The predicted octanol–water partition coefficient (Wildman–Crippen LogP) is 2.91. The summed E-state index contributed by atoms with van der Waals surface area (Å²) in [5.74, 6) is -1.14. The van der Waals surface area contributed by atoms with Crippen molar-refractivity contribution in [3.05, 3.63) is 47.4 Å². The fourth-order valence-corrected chi connectivity index (χ4v) is 3.91. The SMILES string of the molecule is Cc1c(COC(=O)NC(=N)N)cccc1-c1cnc(N2CC(=NOCC3COC(C)(C)OC3)C2)c(F)c1. The molecule has 2 aliphatic rings. The molecule has 0 aliphatic carbocycles. The van der Waals surface area contributed by atoms with Crippen molar-refractivity contribution in [1.82, 2.24) is 10.3 Å². The third kappa shape index (κ3) is 6.71. The van der Waals surface area contributed by atoms with Crippen LogP contribution in [0.1, 0.15) is 25.0 Å². The van der Waals surface area contributed by atoms with E-state index in [1.165, 1.54) is 6.07 Å². The predicted molar refractivity (Wildman–Crippen MR) is 135 cm³/mol. The van der Waals surface area contributed by atoms with Crippen molar-refractivity contribution in [3.8, 4) is 11.1 Å². The van der Waals surface area contributed by atoms with Crippen LogP contribution < -0.4 is 16.0 Å². The number of alkyl carbamates (subject to hydrolysis) is 1. The lowest BCUT2D eigenvalue weighted by Gasteiger charge is -2.35. The lowest BCUT2D eigenvalue weighted by Crippen LogP contribution is -2.48. The lowest BCUT2D eigenvalue weighted by atomic mass is 9.97. The minimum absolute atomic E-state index is 0.0243. The van der Waals surface area contributed by atoms with E-state index in [9.17, 15) is 9.18 Å². The van der Waals surface area contributed by atoms with Gasteiger partial charge in [0.1, 0.15) is 13.2 Å². The third-order valence-electron chi connectivity index (χ3n) is 6.06. The fourth-order valence-electron chi connectivity index (χ4n) is 3.91. The van der Waals surface area contributed by atoms with Gasteiger partial charge in [0.05, 0.1) is 32.0 Å². The largest absolute Gasteiger partial charge is 0.444 e. The summed E-state index contributed by atoms with van der Waals surface area (Å²) in [6.45, 7) is 7.95. The van der Waals surface area contributed by atoms with Crippen LogP contribution in [0.3, 0.4) is 0 Å². The quantitative estimate of drug-likeness (QED) is 0.291. The van der Waals surface area contributed by atoms with Gasteiger partial charge < -0.3 is 29.7 Å². The Labute approximate surface area is 214 Å². The topological polar surface area (TPSA) is 144 Å². The molecule has 1 amide bonds. The zero-order valence-electron chi connectivity index (χ0n) is 21.0. The molecule has 198 valence electrons. The zero-order valence-corrected chi connectivity index (χ0v) is 21.0. The zero-order chi connectivity index (χ0) is 26.6. The Morgan fingerprint density at radius 3 is 2.76 bits per heavy atom. The highest BCUT2D eigenvalue weighted by molar-refractivity contribution is 5.99. The summed E-state index contributed by atoms with van der Waals surface area (Å²) < 4.78 is 31.3. The van der Waals surface area contributed by atoms with Gasteiger partial charge in [0.25, 0.3) is 0 Å². The standard InChI is InChI=1S/C25H31FN6O5/c1-15-17(14-34-24(33)30-23(27)28)5-4-6-20(15)18-7-21(26)22(29-8-18)32-9-19(10-32)31-37-13-16-11-35-25(2,3)36-12-16/h4-8,16H,9-14H2,1-3H3,(H4,27,28,30,33). The van der Waals surface area contributed by atoms with Crippen LogP contribution in [0.4, 0.5) is 15.0 Å². The number of nitrogens with one attached hydrogen (secondary N) is 2. The van der Waals surface area contributed by atoms with Crippen LogP contribution in [0.15, 0.2) is 35.6 Å². The molecule has 1 aromatic heterocycles. The summed E-state index contributed by atoms with van der Waals surface area (Å²) in [5, 5.41) is 13.3. The minimum Gasteiger partial charge on any atom is -0.444 e. The first-order valence-corrected chi connectivity index (χ1v) is 11.8. The number of nitrogens with zero attached hydrogens (tertiary/aromatic N) is 3. The number of hydrogen-bond donors (Lipinski definition) is 3. The number of halogens is 1. The number of benzene rings is 1. The van der Waals surface area contributed by atoms with Crippen LogP contribution in [-0.4, -0.2) is 61.4 Å². The maximum Gasteiger partial charge on any atom is 0.414 e. The molecule has 0 unspecified atom stereocenters. The Morgan fingerprint density at radius 2 is 2.08 bits per heavy atom. The molecular weight excluding hydrogens is 483 g/mol. The number of amides is 1. The van der Waals surface area contributed by atoms with E-state index in [2.05, 4.69) is 15.5 Å². The van der Waals surface area contributed by atoms with E-state index in [1.807, 2.05) is 26.8 Å². The van der Waals surface area contributed by atoms with Crippen LogP contribution in [-0.2, 0) is 25.7 Å². The minimum atomic E-state index is -0.821. The van der Waals surface area contributed by atoms with Crippen molar-refractivity contribution in [2.75, 3.05) is 37.8 Å². The molecule has 2 aliphatic heterocycles. The van der Waals surface area contributed by atoms with E-state index < -0.39 is 23.7 Å². The van der Waals surface area contributed by atoms with Gasteiger partial charge in [-0.1, -0.05) is 23.4 Å². The molecule has 0 saturated carbocycles. The van der Waals surface area contributed by atoms with Crippen LogP contribution in [0, 0.1) is 24.1 Å². The number of guanidine groups is 1. The molecule has 1 aromatic carbocycles. The highest BCUT2D eigenvalue weighted by Gasteiger charge is 2.30. The van der Waals surface area contributed by atoms with Crippen LogP contribution >= 0.6 is 0 Å². The summed E-state index contributed by atoms with van der Waals surface area (Å²) in [6.07, 6.45) is 0.794. The molecule has 0 atom stereocenters. The van der Waals surface area contributed by atoms with Crippen molar-refractivity contribution < 1.29 is 28.2 Å². The number of anilines is 1. The molecule has 11 nitrogen and oxygen atoms in total. The number of nitrogens with two attached hydrogens (primary N) is 1. The van der Waals surface area contributed by atoms with E-state index in [0.717, 1.165) is 22.4 Å². The third-order valence-corrected chi connectivity index (χ3v) is 6.06. The Bertz CT molecular complexity index is 1190. The average Bonchev–Trinajstić information content (AvgIpc) is 2.81. The van der Waals surface area contributed by atoms with Gasteiger partial charge in [-0.2, -0.15) is 0 Å². The number of carbonyl (C=O) groups is 1. The summed E-state index contributed by atoms with van der Waals surface area (Å²) in [6, 6.07) is 6.88. The van der Waals surface area contributed by atoms with Gasteiger partial charge in [0, 0.05) is 17.7 Å². The van der Waals surface area contributed by atoms with Crippen molar-refractivity contribution in [3.63, 3.8) is 0 Å².